The van der Waals surface area contributed by atoms with Crippen LogP contribution in [-0.4, -0.2) is 59.6 Å². The molecule has 3 atom stereocenters. The van der Waals surface area contributed by atoms with E-state index in [0.717, 1.165) is 4.90 Å². The van der Waals surface area contributed by atoms with E-state index in [0.29, 0.717) is 11.1 Å². The highest BCUT2D eigenvalue weighted by molar-refractivity contribution is 6.05. The number of alkyl halides is 3. The van der Waals surface area contributed by atoms with Gasteiger partial charge in [-0.2, -0.15) is 13.2 Å². The van der Waals surface area contributed by atoms with Gasteiger partial charge in [0.05, 0.1) is 11.7 Å². The predicted molar refractivity (Wildman–Crippen MR) is 174 cm³/mol. The van der Waals surface area contributed by atoms with Gasteiger partial charge in [0.2, 0.25) is 5.91 Å². The molecule has 4 aromatic rings. The number of aromatic nitrogens is 1. The van der Waals surface area contributed by atoms with Gasteiger partial charge < -0.3 is 26.6 Å². The van der Waals surface area contributed by atoms with Crippen LogP contribution < -0.4 is 27.0 Å². The van der Waals surface area contributed by atoms with Crippen LogP contribution in [0.1, 0.15) is 16.8 Å². The molecule has 3 aromatic carbocycles. The number of anilines is 1. The SMILES string of the molecule is NC(=O)N1CCNCC1C(C(=O)NCc1ccccc1)(C(F)(F)F)C(NCc1ccccc1)(C(=O)Nc1ccccc1)c1ccccn1. The molecule has 1 aliphatic heterocycles. The first-order valence-corrected chi connectivity index (χ1v) is 15.3. The lowest BCUT2D eigenvalue weighted by Crippen LogP contribution is -2.80. The Morgan fingerprint density at radius 3 is 1.96 bits per heavy atom. The molecule has 13 heteroatoms. The van der Waals surface area contributed by atoms with Crippen LogP contribution in [0.15, 0.2) is 115 Å². The van der Waals surface area contributed by atoms with Crippen molar-refractivity contribution in [2.24, 2.45) is 11.1 Å². The van der Waals surface area contributed by atoms with E-state index in [-0.39, 0.29) is 31.9 Å². The van der Waals surface area contributed by atoms with Crippen LogP contribution in [0.25, 0.3) is 0 Å². The van der Waals surface area contributed by atoms with Gasteiger partial charge in [-0.3, -0.25) is 19.9 Å². The third kappa shape index (κ3) is 6.60. The maximum atomic E-state index is 16.7. The fourth-order valence-electron chi connectivity index (χ4n) is 6.34. The lowest BCUT2D eigenvalue weighted by molar-refractivity contribution is -0.262. The summed E-state index contributed by atoms with van der Waals surface area (Å²) in [4.78, 5) is 47.9. The molecular weight excluding hydrogens is 623 g/mol. The molecule has 48 heavy (non-hydrogen) atoms. The number of hydrogen-bond acceptors (Lipinski definition) is 6. The topological polar surface area (TPSA) is 141 Å². The number of urea groups is 1. The molecule has 1 fully saturated rings. The van der Waals surface area contributed by atoms with Crippen molar-refractivity contribution in [1.29, 1.82) is 0 Å². The van der Waals surface area contributed by atoms with Gasteiger partial charge in [0.1, 0.15) is 0 Å². The molecule has 10 nitrogen and oxygen atoms in total. The van der Waals surface area contributed by atoms with E-state index in [2.05, 4.69) is 26.3 Å². The maximum absolute atomic E-state index is 16.7. The summed E-state index contributed by atoms with van der Waals surface area (Å²) in [7, 11) is 0. The van der Waals surface area contributed by atoms with Gasteiger partial charge in [-0.15, -0.1) is 0 Å². The Morgan fingerprint density at radius 2 is 1.40 bits per heavy atom. The van der Waals surface area contributed by atoms with Crippen molar-refractivity contribution in [2.45, 2.75) is 30.8 Å². The largest absolute Gasteiger partial charge is 0.408 e. The minimum absolute atomic E-state index is 0.114. The van der Waals surface area contributed by atoms with Crippen molar-refractivity contribution >= 4 is 23.5 Å². The van der Waals surface area contributed by atoms with Crippen LogP contribution >= 0.6 is 0 Å². The summed E-state index contributed by atoms with van der Waals surface area (Å²) in [5.74, 6) is -2.77. The zero-order valence-electron chi connectivity index (χ0n) is 25.9. The number of amides is 4. The van der Waals surface area contributed by atoms with E-state index in [1.807, 2.05) is 0 Å². The van der Waals surface area contributed by atoms with Crippen LogP contribution in [0.2, 0.25) is 0 Å². The number of hydrogen-bond donors (Lipinski definition) is 5. The van der Waals surface area contributed by atoms with E-state index in [4.69, 9.17) is 5.73 Å². The Kier molecular flexibility index (Phi) is 10.4. The number of nitrogens with two attached hydrogens (primary N) is 1. The predicted octanol–water partition coefficient (Wildman–Crippen LogP) is 3.92. The summed E-state index contributed by atoms with van der Waals surface area (Å²) in [6.07, 6.45) is -4.25. The molecule has 6 N–H and O–H groups in total. The minimum Gasteiger partial charge on any atom is -0.351 e. The Balaban J connectivity index is 1.84. The first-order chi connectivity index (χ1) is 23.1. The van der Waals surface area contributed by atoms with Crippen LogP contribution in [-0.2, 0) is 28.2 Å². The molecule has 0 saturated carbocycles. The van der Waals surface area contributed by atoms with Crippen molar-refractivity contribution in [3.8, 4) is 0 Å². The average Bonchev–Trinajstić information content (AvgIpc) is 3.10. The summed E-state index contributed by atoms with van der Waals surface area (Å²) in [6.45, 7) is -1.24. The highest BCUT2D eigenvalue weighted by Gasteiger charge is 2.79. The molecule has 1 aromatic heterocycles. The molecule has 250 valence electrons. The van der Waals surface area contributed by atoms with Crippen LogP contribution in [0.4, 0.5) is 23.7 Å². The van der Waals surface area contributed by atoms with Crippen LogP contribution in [0.5, 0.6) is 0 Å². The first-order valence-electron chi connectivity index (χ1n) is 15.3. The van der Waals surface area contributed by atoms with Crippen molar-refractivity contribution in [1.82, 2.24) is 25.8 Å². The zero-order chi connectivity index (χ0) is 34.2. The molecule has 0 aliphatic carbocycles. The standard InChI is InChI=1S/C35H36F3N7O3/c36-35(37,38)33(29-24-40-20-21-45(29)32(39)48,30(46)42-22-25-12-4-1-5-13-25)34(28-18-10-11-19-41-28,43-23-26-14-6-2-7-15-26)31(47)44-27-16-8-3-9-17-27/h1-19,29,40,43H,20-24H2,(H2,39,48)(H,42,46)(H,44,47). The van der Waals surface area contributed by atoms with Gasteiger partial charge in [-0.25, -0.2) is 4.79 Å². The second-order valence-corrected chi connectivity index (χ2v) is 11.3. The van der Waals surface area contributed by atoms with Gasteiger partial charge in [0.15, 0.2) is 11.0 Å². The number of carbonyl (C=O) groups excluding carboxylic acids is 3. The molecule has 0 radical (unpaired) electrons. The fourth-order valence-corrected chi connectivity index (χ4v) is 6.34. The molecule has 2 heterocycles. The number of benzene rings is 3. The van der Waals surface area contributed by atoms with Crippen molar-refractivity contribution in [3.05, 3.63) is 132 Å². The zero-order valence-corrected chi connectivity index (χ0v) is 25.9. The molecule has 3 unspecified atom stereocenters. The Labute approximate surface area is 275 Å². The maximum Gasteiger partial charge on any atom is 0.408 e. The number of pyridine rings is 1. The van der Waals surface area contributed by atoms with E-state index >= 15 is 13.2 Å². The second-order valence-electron chi connectivity index (χ2n) is 11.3. The number of carbonyl (C=O) groups is 3. The quantitative estimate of drug-likeness (QED) is 0.165. The summed E-state index contributed by atoms with van der Waals surface area (Å²) in [5.41, 5.74) is -0.147. The summed E-state index contributed by atoms with van der Waals surface area (Å²) < 4.78 is 50.0. The molecular formula is C35H36F3N7O3. The average molecular weight is 660 g/mol. The van der Waals surface area contributed by atoms with Gasteiger partial charge in [-0.05, 0) is 35.4 Å². The number of nitrogens with one attached hydrogen (secondary N) is 4. The number of primary amides is 1. The minimum atomic E-state index is -5.50. The van der Waals surface area contributed by atoms with Crippen molar-refractivity contribution in [3.63, 3.8) is 0 Å². The summed E-state index contributed by atoms with van der Waals surface area (Å²) in [5, 5.41) is 10.9. The highest BCUT2D eigenvalue weighted by Crippen LogP contribution is 2.56. The number of halogens is 3. The molecule has 0 spiro atoms. The van der Waals surface area contributed by atoms with E-state index in [1.54, 1.807) is 78.9 Å². The molecule has 4 amide bonds. The summed E-state index contributed by atoms with van der Waals surface area (Å²) in [6, 6.07) is 25.8. The van der Waals surface area contributed by atoms with E-state index in [9.17, 15) is 14.4 Å². The van der Waals surface area contributed by atoms with Crippen LogP contribution in [0, 0.1) is 5.41 Å². The molecule has 0 bridgehead atoms. The normalized spacial score (nSPS) is 17.4. The van der Waals surface area contributed by atoms with E-state index in [1.165, 1.54) is 36.5 Å². The van der Waals surface area contributed by atoms with Gasteiger partial charge >= 0.3 is 12.2 Å². The molecule has 1 saturated heterocycles. The second kappa shape index (κ2) is 14.7. The summed E-state index contributed by atoms with van der Waals surface area (Å²) >= 11 is 0. The monoisotopic (exact) mass is 659 g/mol. The Morgan fingerprint density at radius 1 is 0.812 bits per heavy atom. The Hall–Kier alpha value is -5.27. The third-order valence-electron chi connectivity index (χ3n) is 8.54. The number of rotatable bonds is 11. The van der Waals surface area contributed by atoms with Crippen LogP contribution in [0.3, 0.4) is 0 Å². The van der Waals surface area contributed by atoms with Gasteiger partial charge in [0, 0.05) is 44.6 Å². The van der Waals surface area contributed by atoms with Crippen molar-refractivity contribution in [2.75, 3.05) is 25.0 Å². The van der Waals surface area contributed by atoms with Gasteiger partial charge in [0.25, 0.3) is 5.91 Å². The molecule has 1 aliphatic rings. The van der Waals surface area contributed by atoms with E-state index < -0.39 is 53.3 Å². The first kappa shape index (κ1) is 34.1. The number of piperazine rings is 1. The number of para-hydroxylation sites is 1. The lowest BCUT2D eigenvalue weighted by Gasteiger charge is -2.55. The van der Waals surface area contributed by atoms with Gasteiger partial charge in [-0.1, -0.05) is 84.9 Å². The lowest BCUT2D eigenvalue weighted by atomic mass is 9.59. The Bertz CT molecular complexity index is 1680. The smallest absolute Gasteiger partial charge is 0.351 e. The van der Waals surface area contributed by atoms with Crippen molar-refractivity contribution < 1.29 is 27.6 Å². The highest BCUT2D eigenvalue weighted by atomic mass is 19.4. The number of nitrogens with zero attached hydrogens (tertiary/aromatic N) is 2. The fraction of sp³-hybridized carbons (Fsp3) is 0.257. The molecule has 5 rings (SSSR count). The third-order valence-corrected chi connectivity index (χ3v) is 8.54.